The first-order valence-electron chi connectivity index (χ1n) is 11.3. The molecular weight excluding hydrogens is 306 g/mol. The maximum absolute atomic E-state index is 12.0. The molecular formula is C23H43NO. The zero-order valence-corrected chi connectivity index (χ0v) is 16.9. The van der Waals surface area contributed by atoms with Crippen molar-refractivity contribution >= 4 is 5.91 Å². The number of hydrogen-bond donors (Lipinski definition) is 0. The highest BCUT2D eigenvalue weighted by Crippen LogP contribution is 2.13. The molecule has 0 radical (unpaired) electrons. The predicted octanol–water partition coefficient (Wildman–Crippen LogP) is 7.04. The topological polar surface area (TPSA) is 20.3 Å². The summed E-state index contributed by atoms with van der Waals surface area (Å²) in [6, 6.07) is 0. The van der Waals surface area contributed by atoms with Gasteiger partial charge in [0.2, 0.25) is 5.91 Å². The van der Waals surface area contributed by atoms with Gasteiger partial charge in [0.15, 0.2) is 0 Å². The van der Waals surface area contributed by atoms with Crippen LogP contribution in [0.15, 0.2) is 12.2 Å². The maximum atomic E-state index is 12.0. The number of carbonyl (C=O) groups is 1. The van der Waals surface area contributed by atoms with Crippen LogP contribution >= 0.6 is 0 Å². The molecule has 1 heterocycles. The minimum absolute atomic E-state index is 0.400. The van der Waals surface area contributed by atoms with Gasteiger partial charge in [-0.25, -0.2) is 0 Å². The van der Waals surface area contributed by atoms with E-state index in [1.165, 1.54) is 96.3 Å². The molecule has 0 unspecified atom stereocenters. The quantitative estimate of drug-likeness (QED) is 0.229. The van der Waals surface area contributed by atoms with Crippen molar-refractivity contribution < 1.29 is 4.79 Å². The Morgan fingerprint density at radius 2 is 1.24 bits per heavy atom. The standard InChI is InChI=1S/C23H43NO/c1-2-3-4-5-6-7-8-9-10-11-12-13-14-15-17-20-23(25)24-21-18-16-19-22-24/h9-10H,2-8,11-22H2,1H3. The van der Waals surface area contributed by atoms with E-state index >= 15 is 0 Å². The van der Waals surface area contributed by atoms with E-state index in [-0.39, 0.29) is 0 Å². The molecule has 1 fully saturated rings. The lowest BCUT2D eigenvalue weighted by atomic mass is 10.1. The molecule has 0 bridgehead atoms. The first-order valence-corrected chi connectivity index (χ1v) is 11.3. The van der Waals surface area contributed by atoms with E-state index < -0.39 is 0 Å². The lowest BCUT2D eigenvalue weighted by molar-refractivity contribution is -0.132. The molecule has 1 aliphatic heterocycles. The van der Waals surface area contributed by atoms with Gasteiger partial charge in [-0.1, -0.05) is 70.4 Å². The number of amides is 1. The molecule has 0 aromatic carbocycles. The van der Waals surface area contributed by atoms with Crippen molar-refractivity contribution in [3.05, 3.63) is 12.2 Å². The van der Waals surface area contributed by atoms with E-state index in [1.54, 1.807) is 0 Å². The summed E-state index contributed by atoms with van der Waals surface area (Å²) in [6.45, 7) is 4.28. The van der Waals surface area contributed by atoms with E-state index in [0.717, 1.165) is 25.9 Å². The third-order valence-corrected chi connectivity index (χ3v) is 5.36. The van der Waals surface area contributed by atoms with E-state index in [1.807, 2.05) is 0 Å². The maximum Gasteiger partial charge on any atom is 0.222 e. The number of hydrogen-bond acceptors (Lipinski definition) is 1. The molecule has 1 saturated heterocycles. The normalized spacial score (nSPS) is 15.2. The van der Waals surface area contributed by atoms with Crippen LogP contribution in [0.3, 0.4) is 0 Å². The highest BCUT2D eigenvalue weighted by atomic mass is 16.2. The largest absolute Gasteiger partial charge is 0.343 e. The van der Waals surface area contributed by atoms with Crippen LogP contribution in [0.5, 0.6) is 0 Å². The molecule has 0 atom stereocenters. The first-order chi connectivity index (χ1) is 12.3. The second-order valence-corrected chi connectivity index (χ2v) is 7.78. The Bertz CT molecular complexity index is 331. The van der Waals surface area contributed by atoms with Gasteiger partial charge in [-0.15, -0.1) is 0 Å². The Morgan fingerprint density at radius 3 is 1.84 bits per heavy atom. The average molecular weight is 350 g/mol. The molecule has 1 aliphatic rings. The molecule has 25 heavy (non-hydrogen) atoms. The van der Waals surface area contributed by atoms with Gasteiger partial charge in [0, 0.05) is 19.5 Å². The lowest BCUT2D eigenvalue weighted by Crippen LogP contribution is -2.35. The van der Waals surface area contributed by atoms with Gasteiger partial charge in [-0.2, -0.15) is 0 Å². The highest BCUT2D eigenvalue weighted by molar-refractivity contribution is 5.76. The van der Waals surface area contributed by atoms with Gasteiger partial charge >= 0.3 is 0 Å². The number of piperidine rings is 1. The number of carbonyl (C=O) groups excluding carboxylic acids is 1. The van der Waals surface area contributed by atoms with Crippen molar-refractivity contribution in [1.29, 1.82) is 0 Å². The van der Waals surface area contributed by atoms with Gasteiger partial charge in [-0.05, 0) is 51.4 Å². The molecule has 146 valence electrons. The molecule has 0 aromatic rings. The van der Waals surface area contributed by atoms with Crippen LogP contribution in [-0.4, -0.2) is 23.9 Å². The van der Waals surface area contributed by atoms with Crippen molar-refractivity contribution in [2.45, 2.75) is 116 Å². The molecule has 2 nitrogen and oxygen atoms in total. The second-order valence-electron chi connectivity index (χ2n) is 7.78. The molecule has 0 N–H and O–H groups in total. The van der Waals surface area contributed by atoms with Crippen LogP contribution in [0.1, 0.15) is 116 Å². The number of nitrogens with zero attached hydrogens (tertiary/aromatic N) is 1. The van der Waals surface area contributed by atoms with Gasteiger partial charge in [-0.3, -0.25) is 4.79 Å². The zero-order valence-electron chi connectivity index (χ0n) is 16.9. The third kappa shape index (κ3) is 13.1. The van der Waals surface area contributed by atoms with E-state index in [9.17, 15) is 4.79 Å². The Labute approximate surface area is 157 Å². The Morgan fingerprint density at radius 1 is 0.720 bits per heavy atom. The van der Waals surface area contributed by atoms with Crippen molar-refractivity contribution in [2.75, 3.05) is 13.1 Å². The molecule has 2 heteroatoms. The molecule has 1 rings (SSSR count). The van der Waals surface area contributed by atoms with E-state index in [4.69, 9.17) is 0 Å². The second kappa shape index (κ2) is 16.7. The van der Waals surface area contributed by atoms with Crippen molar-refractivity contribution in [1.82, 2.24) is 4.90 Å². The van der Waals surface area contributed by atoms with Crippen LogP contribution in [0.25, 0.3) is 0 Å². The smallest absolute Gasteiger partial charge is 0.222 e. The average Bonchev–Trinajstić information content (AvgIpc) is 2.65. The monoisotopic (exact) mass is 349 g/mol. The van der Waals surface area contributed by atoms with Gasteiger partial charge in [0.25, 0.3) is 0 Å². The van der Waals surface area contributed by atoms with Crippen molar-refractivity contribution in [3.8, 4) is 0 Å². The van der Waals surface area contributed by atoms with Crippen LogP contribution in [0.4, 0.5) is 0 Å². The van der Waals surface area contributed by atoms with Gasteiger partial charge in [0.05, 0.1) is 0 Å². The summed E-state index contributed by atoms with van der Waals surface area (Å²) in [5.41, 5.74) is 0. The van der Waals surface area contributed by atoms with Crippen molar-refractivity contribution in [2.24, 2.45) is 0 Å². The van der Waals surface area contributed by atoms with Crippen LogP contribution in [0.2, 0.25) is 0 Å². The van der Waals surface area contributed by atoms with E-state index in [0.29, 0.717) is 5.91 Å². The fourth-order valence-electron chi connectivity index (χ4n) is 3.65. The zero-order chi connectivity index (χ0) is 18.0. The van der Waals surface area contributed by atoms with Gasteiger partial charge < -0.3 is 4.90 Å². The SMILES string of the molecule is CCCCCCCCC=CCCCCCCCC(=O)N1CCCCC1. The first kappa shape index (κ1) is 22.3. The summed E-state index contributed by atoms with van der Waals surface area (Å²) >= 11 is 0. The Hall–Kier alpha value is -0.790. The number of unbranched alkanes of at least 4 members (excludes halogenated alkanes) is 11. The lowest BCUT2D eigenvalue weighted by Gasteiger charge is -2.26. The molecule has 1 amide bonds. The summed E-state index contributed by atoms with van der Waals surface area (Å²) in [4.78, 5) is 14.1. The summed E-state index contributed by atoms with van der Waals surface area (Å²) in [6.07, 6.45) is 26.4. The summed E-state index contributed by atoms with van der Waals surface area (Å²) in [7, 11) is 0. The molecule has 0 saturated carbocycles. The molecule has 0 aliphatic carbocycles. The number of likely N-dealkylation sites (tertiary alicyclic amines) is 1. The van der Waals surface area contributed by atoms with Gasteiger partial charge in [0.1, 0.15) is 0 Å². The highest BCUT2D eigenvalue weighted by Gasteiger charge is 2.15. The summed E-state index contributed by atoms with van der Waals surface area (Å²) in [5.74, 6) is 0.400. The Balaban J connectivity index is 1.79. The molecule has 0 spiro atoms. The fraction of sp³-hybridized carbons (Fsp3) is 0.870. The van der Waals surface area contributed by atoms with Crippen molar-refractivity contribution in [3.63, 3.8) is 0 Å². The Kier molecular flexibility index (Phi) is 14.8. The van der Waals surface area contributed by atoms with Crippen LogP contribution < -0.4 is 0 Å². The summed E-state index contributed by atoms with van der Waals surface area (Å²) < 4.78 is 0. The van der Waals surface area contributed by atoms with Crippen LogP contribution in [0, 0.1) is 0 Å². The molecule has 0 aromatic heterocycles. The predicted molar refractivity (Wildman–Crippen MR) is 110 cm³/mol. The van der Waals surface area contributed by atoms with Crippen LogP contribution in [-0.2, 0) is 4.79 Å². The minimum Gasteiger partial charge on any atom is -0.343 e. The van der Waals surface area contributed by atoms with E-state index in [2.05, 4.69) is 24.0 Å². The minimum atomic E-state index is 0.400. The number of allylic oxidation sites excluding steroid dienone is 2. The third-order valence-electron chi connectivity index (χ3n) is 5.36. The summed E-state index contributed by atoms with van der Waals surface area (Å²) in [5, 5.41) is 0. The fourth-order valence-corrected chi connectivity index (χ4v) is 3.65. The number of rotatable bonds is 15.